The Kier molecular flexibility index (Phi) is 5.36. The second kappa shape index (κ2) is 7.45. The Morgan fingerprint density at radius 1 is 1.18 bits per heavy atom. The van der Waals surface area contributed by atoms with Gasteiger partial charge in [-0.2, -0.15) is 0 Å². The fraction of sp³-hybridized carbons (Fsp3) is 0.235. The standard InChI is InChI=1S/C17H18FNO3/c1-12-7-8-16(13(2)9-12)21-10-14-5-3-4-6-15(14)19-17(20)22-11-18/h3-9H,10-11H2,1-2H3,(H,19,20). The van der Waals surface area contributed by atoms with Crippen LogP contribution in [0, 0.1) is 13.8 Å². The fourth-order valence-electron chi connectivity index (χ4n) is 2.08. The molecule has 2 aromatic carbocycles. The van der Waals surface area contributed by atoms with E-state index in [9.17, 15) is 9.18 Å². The van der Waals surface area contributed by atoms with Crippen LogP contribution in [-0.2, 0) is 11.3 Å². The van der Waals surface area contributed by atoms with Crippen molar-refractivity contribution in [3.63, 3.8) is 0 Å². The molecule has 2 rings (SSSR count). The molecule has 2 aromatic rings. The highest BCUT2D eigenvalue weighted by molar-refractivity contribution is 5.85. The number of carbonyl (C=O) groups excluding carboxylic acids is 1. The van der Waals surface area contributed by atoms with Gasteiger partial charge < -0.3 is 9.47 Å². The average molecular weight is 303 g/mol. The van der Waals surface area contributed by atoms with Crippen molar-refractivity contribution in [2.45, 2.75) is 20.5 Å². The highest BCUT2D eigenvalue weighted by atomic mass is 19.1. The number of nitrogens with one attached hydrogen (secondary N) is 1. The predicted molar refractivity (Wildman–Crippen MR) is 82.8 cm³/mol. The van der Waals surface area contributed by atoms with Crippen molar-refractivity contribution in [2.75, 3.05) is 12.2 Å². The summed E-state index contributed by atoms with van der Waals surface area (Å²) >= 11 is 0. The zero-order valence-electron chi connectivity index (χ0n) is 12.6. The minimum absolute atomic E-state index is 0.288. The molecule has 22 heavy (non-hydrogen) atoms. The number of rotatable bonds is 5. The van der Waals surface area contributed by atoms with Gasteiger partial charge in [0.05, 0.1) is 5.69 Å². The molecule has 0 saturated heterocycles. The maximum atomic E-state index is 12.0. The molecule has 0 radical (unpaired) electrons. The summed E-state index contributed by atoms with van der Waals surface area (Å²) in [5.74, 6) is 0.784. The number of aryl methyl sites for hydroxylation is 2. The Balaban J connectivity index is 2.08. The molecule has 0 aliphatic heterocycles. The van der Waals surface area contributed by atoms with Gasteiger partial charge in [0.15, 0.2) is 0 Å². The van der Waals surface area contributed by atoms with Gasteiger partial charge in [-0.25, -0.2) is 9.18 Å². The number of anilines is 1. The third-order valence-corrected chi connectivity index (χ3v) is 3.15. The van der Waals surface area contributed by atoms with E-state index in [1.165, 1.54) is 5.56 Å². The highest BCUT2D eigenvalue weighted by Crippen LogP contribution is 2.22. The van der Waals surface area contributed by atoms with E-state index in [0.29, 0.717) is 5.69 Å². The molecule has 0 aliphatic rings. The minimum atomic E-state index is -1.16. The number of benzene rings is 2. The van der Waals surface area contributed by atoms with Gasteiger partial charge in [0.25, 0.3) is 0 Å². The number of alkyl halides is 1. The van der Waals surface area contributed by atoms with Crippen molar-refractivity contribution in [2.24, 2.45) is 0 Å². The van der Waals surface area contributed by atoms with Crippen molar-refractivity contribution in [3.8, 4) is 5.75 Å². The lowest BCUT2D eigenvalue weighted by Crippen LogP contribution is -2.14. The third kappa shape index (κ3) is 4.22. The van der Waals surface area contributed by atoms with Crippen molar-refractivity contribution in [1.82, 2.24) is 0 Å². The molecule has 0 unspecified atom stereocenters. The van der Waals surface area contributed by atoms with E-state index in [1.54, 1.807) is 12.1 Å². The number of halogens is 1. The first-order valence-electron chi connectivity index (χ1n) is 6.88. The van der Waals surface area contributed by atoms with Crippen LogP contribution >= 0.6 is 0 Å². The van der Waals surface area contributed by atoms with Crippen LogP contribution in [0.3, 0.4) is 0 Å². The molecule has 0 atom stereocenters. The summed E-state index contributed by atoms with van der Waals surface area (Å²) in [6.45, 7) is 3.13. The van der Waals surface area contributed by atoms with Gasteiger partial charge in [-0.3, -0.25) is 5.32 Å². The van der Waals surface area contributed by atoms with Crippen LogP contribution in [-0.4, -0.2) is 13.0 Å². The molecular formula is C17H18FNO3. The summed E-state index contributed by atoms with van der Waals surface area (Å²) in [6.07, 6.45) is -0.832. The second-order valence-corrected chi connectivity index (χ2v) is 4.88. The van der Waals surface area contributed by atoms with Gasteiger partial charge in [-0.15, -0.1) is 0 Å². The van der Waals surface area contributed by atoms with Crippen LogP contribution in [0.5, 0.6) is 5.75 Å². The molecule has 1 amide bonds. The fourth-order valence-corrected chi connectivity index (χ4v) is 2.08. The molecule has 5 heteroatoms. The molecule has 0 bridgehead atoms. The van der Waals surface area contributed by atoms with Gasteiger partial charge in [-0.05, 0) is 31.5 Å². The zero-order chi connectivity index (χ0) is 15.9. The maximum Gasteiger partial charge on any atom is 0.413 e. The largest absolute Gasteiger partial charge is 0.489 e. The molecule has 0 aromatic heterocycles. The van der Waals surface area contributed by atoms with Crippen molar-refractivity contribution < 1.29 is 18.7 Å². The van der Waals surface area contributed by atoms with Crippen LogP contribution in [0.25, 0.3) is 0 Å². The second-order valence-electron chi connectivity index (χ2n) is 4.88. The van der Waals surface area contributed by atoms with E-state index in [2.05, 4.69) is 10.1 Å². The summed E-state index contributed by atoms with van der Waals surface area (Å²) in [7, 11) is 0. The number of carbonyl (C=O) groups is 1. The summed E-state index contributed by atoms with van der Waals surface area (Å²) in [5.41, 5.74) is 3.52. The van der Waals surface area contributed by atoms with Gasteiger partial charge in [-0.1, -0.05) is 35.9 Å². The first kappa shape index (κ1) is 15.8. The van der Waals surface area contributed by atoms with Crippen molar-refractivity contribution >= 4 is 11.8 Å². The topological polar surface area (TPSA) is 47.6 Å². The van der Waals surface area contributed by atoms with Crippen LogP contribution in [0.2, 0.25) is 0 Å². The van der Waals surface area contributed by atoms with Crippen LogP contribution in [0.4, 0.5) is 14.9 Å². The Morgan fingerprint density at radius 3 is 2.68 bits per heavy atom. The first-order chi connectivity index (χ1) is 10.6. The Labute approximate surface area is 128 Å². The molecule has 0 spiro atoms. The molecule has 0 saturated carbocycles. The zero-order valence-corrected chi connectivity index (χ0v) is 12.6. The van der Waals surface area contributed by atoms with E-state index >= 15 is 0 Å². The molecule has 0 heterocycles. The van der Waals surface area contributed by atoms with E-state index in [1.807, 2.05) is 44.2 Å². The van der Waals surface area contributed by atoms with E-state index < -0.39 is 13.0 Å². The number of ether oxygens (including phenoxy) is 2. The van der Waals surface area contributed by atoms with Crippen molar-refractivity contribution in [3.05, 3.63) is 59.2 Å². The van der Waals surface area contributed by atoms with Gasteiger partial charge >= 0.3 is 6.09 Å². The Bertz CT molecular complexity index is 658. The molecule has 4 nitrogen and oxygen atoms in total. The van der Waals surface area contributed by atoms with Crippen LogP contribution < -0.4 is 10.1 Å². The van der Waals surface area contributed by atoms with Gasteiger partial charge in [0.1, 0.15) is 12.4 Å². The van der Waals surface area contributed by atoms with E-state index in [-0.39, 0.29) is 6.61 Å². The smallest absolute Gasteiger partial charge is 0.413 e. The quantitative estimate of drug-likeness (QED) is 0.893. The van der Waals surface area contributed by atoms with Gasteiger partial charge in [0.2, 0.25) is 6.86 Å². The van der Waals surface area contributed by atoms with Crippen molar-refractivity contribution in [1.29, 1.82) is 0 Å². The summed E-state index contributed by atoms with van der Waals surface area (Å²) in [5, 5.41) is 2.49. The minimum Gasteiger partial charge on any atom is -0.489 e. The Morgan fingerprint density at radius 2 is 1.95 bits per heavy atom. The lowest BCUT2D eigenvalue weighted by molar-refractivity contribution is 0.111. The molecular weight excluding hydrogens is 285 g/mol. The van der Waals surface area contributed by atoms with Gasteiger partial charge in [0, 0.05) is 5.56 Å². The van der Waals surface area contributed by atoms with E-state index in [0.717, 1.165) is 16.9 Å². The maximum absolute atomic E-state index is 12.0. The SMILES string of the molecule is Cc1ccc(OCc2ccccc2NC(=O)OCF)c(C)c1. The monoisotopic (exact) mass is 303 g/mol. The average Bonchev–Trinajstić information content (AvgIpc) is 2.48. The molecule has 116 valence electrons. The van der Waals surface area contributed by atoms with Crippen LogP contribution in [0.15, 0.2) is 42.5 Å². The van der Waals surface area contributed by atoms with E-state index in [4.69, 9.17) is 4.74 Å². The summed E-state index contributed by atoms with van der Waals surface area (Å²) < 4.78 is 22.0. The Hall–Kier alpha value is -2.56. The lowest BCUT2D eigenvalue weighted by atomic mass is 10.1. The third-order valence-electron chi connectivity index (χ3n) is 3.15. The number of amides is 1. The lowest BCUT2D eigenvalue weighted by Gasteiger charge is -2.13. The predicted octanol–water partition coefficient (Wildman–Crippen LogP) is 4.36. The highest BCUT2D eigenvalue weighted by Gasteiger charge is 2.08. The molecule has 1 N–H and O–H groups in total. The normalized spacial score (nSPS) is 10.1. The number of hydrogen-bond donors (Lipinski definition) is 1. The summed E-state index contributed by atoms with van der Waals surface area (Å²) in [6, 6.07) is 13.1. The molecule has 0 aliphatic carbocycles. The van der Waals surface area contributed by atoms with Crippen LogP contribution in [0.1, 0.15) is 16.7 Å². The number of para-hydroxylation sites is 1. The first-order valence-corrected chi connectivity index (χ1v) is 6.88. The molecule has 0 fully saturated rings. The number of hydrogen-bond acceptors (Lipinski definition) is 3. The summed E-state index contributed by atoms with van der Waals surface area (Å²) in [4.78, 5) is 11.3.